The highest BCUT2D eigenvalue weighted by atomic mass is 32.5. The average Bonchev–Trinajstić information content (AvgIpc) is 0.860. The van der Waals surface area contributed by atoms with E-state index in [-0.39, 0.29) is 125 Å². The minimum atomic E-state index is -3.73. The monoisotopic (exact) mass is 1530 g/mol. The predicted molar refractivity (Wildman–Crippen MR) is 353 cm³/mol. The zero-order chi connectivity index (χ0) is 70.5. The van der Waals surface area contributed by atoms with Gasteiger partial charge in [-0.3, -0.25) is 4.79 Å². The van der Waals surface area contributed by atoms with E-state index in [4.69, 9.17) is 131 Å². The maximum Gasteiger partial charge on any atom is 0.324 e. The maximum absolute atomic E-state index is 11.8. The molecular weight excluding hydrogens is 1430 g/mol. The van der Waals surface area contributed by atoms with E-state index in [0.29, 0.717) is 58.0 Å². The number of nitrogens with one attached hydrogen (secondary N) is 1. The van der Waals surface area contributed by atoms with Crippen molar-refractivity contribution in [1.29, 1.82) is 0 Å². The molecule has 11 unspecified atom stereocenters. The number of rotatable bonds is 56. The SMILES string of the molecule is COP(O)(=S)OCCCCCCOCC(COCCCOP(O)(=S)OCCCCO[C@@H]1OC(CO)[C@H](O)[C@H](O)C1C)(COCCCOP(O)(=S)OCCCCO[C@@H]1OC(CO)[C@H](O)[C@H](O)C1NC(C)=O)COCCOP(O)(=S)OCCCCO[C@@H]1OC(CO)[C@H](O)[C@H](O)C1C. The highest BCUT2D eigenvalue weighted by Gasteiger charge is 2.46. The number of aliphatic hydroxyl groups excluding tert-OH is 9. The van der Waals surface area contributed by atoms with Gasteiger partial charge in [0.05, 0.1) is 117 Å². The van der Waals surface area contributed by atoms with Crippen LogP contribution in [0.5, 0.6) is 0 Å². The average molecular weight is 1530 g/mol. The third kappa shape index (κ3) is 36.4. The Balaban J connectivity index is 1.57. The van der Waals surface area contributed by atoms with Crippen LogP contribution in [0.15, 0.2) is 0 Å². The van der Waals surface area contributed by atoms with Crippen LogP contribution in [0.1, 0.15) is 97.8 Å². The molecule has 3 rings (SSSR count). The van der Waals surface area contributed by atoms with Crippen LogP contribution in [0.2, 0.25) is 0 Å². The predicted octanol–water partition coefficient (Wildman–Crippen LogP) is 0.494. The fourth-order valence-corrected chi connectivity index (χ4v) is 13.8. The molecule has 0 spiro atoms. The fourth-order valence-electron chi connectivity index (χ4n) is 9.49. The van der Waals surface area contributed by atoms with Crippen LogP contribution in [-0.4, -0.2) is 297 Å². The van der Waals surface area contributed by atoms with Gasteiger partial charge in [0.25, 0.3) is 0 Å². The number of unbranched alkanes of at least 4 members (excludes halogenated alkanes) is 6. The van der Waals surface area contributed by atoms with Crippen molar-refractivity contribution in [2.24, 2.45) is 17.3 Å². The number of hydrogen-bond acceptors (Lipinski definition) is 32. The lowest BCUT2D eigenvalue weighted by Gasteiger charge is -2.42. The van der Waals surface area contributed by atoms with Gasteiger partial charge in [-0.15, -0.1) is 0 Å². The van der Waals surface area contributed by atoms with Gasteiger partial charge in [-0.1, -0.05) is 26.7 Å². The Bertz CT molecular complexity index is 2260. The molecule has 0 radical (unpaired) electrons. The molecule has 3 fully saturated rings. The van der Waals surface area contributed by atoms with Crippen molar-refractivity contribution in [1.82, 2.24) is 5.32 Å². The molecule has 14 N–H and O–H groups in total. The third-order valence-electron chi connectivity index (χ3n) is 15.0. The van der Waals surface area contributed by atoms with Crippen molar-refractivity contribution in [3.8, 4) is 0 Å². The number of hydrogen-bond donors (Lipinski definition) is 14. The fraction of sp³-hybridized carbons (Fsp3) is 0.981. The summed E-state index contributed by atoms with van der Waals surface area (Å²) in [6, 6.07) is -1.10. The number of ether oxygens (including phenoxy) is 10. The lowest BCUT2D eigenvalue weighted by Crippen LogP contribution is -2.64. The lowest BCUT2D eigenvalue weighted by molar-refractivity contribution is -0.282. The quantitative estimate of drug-likeness (QED) is 0.0291. The second kappa shape index (κ2) is 48.8. The molecule has 1 amide bonds. The molecule has 20 atom stereocenters. The Morgan fingerprint density at radius 1 is 0.400 bits per heavy atom. The summed E-state index contributed by atoms with van der Waals surface area (Å²) in [5, 5.41) is 92.7. The first kappa shape index (κ1) is 90.0. The van der Waals surface area contributed by atoms with E-state index in [1.54, 1.807) is 13.8 Å². The smallest absolute Gasteiger partial charge is 0.324 e. The summed E-state index contributed by atoms with van der Waals surface area (Å²) >= 11 is 20.6. The van der Waals surface area contributed by atoms with Crippen molar-refractivity contribution in [3.63, 3.8) is 0 Å². The van der Waals surface area contributed by atoms with Crippen molar-refractivity contribution < 1.29 is 154 Å². The van der Waals surface area contributed by atoms with Crippen LogP contribution in [0.3, 0.4) is 0 Å². The van der Waals surface area contributed by atoms with Gasteiger partial charge < -0.3 is 154 Å². The van der Waals surface area contributed by atoms with Gasteiger partial charge >= 0.3 is 26.9 Å². The van der Waals surface area contributed by atoms with E-state index in [0.717, 1.165) is 12.8 Å². The van der Waals surface area contributed by atoms with Crippen molar-refractivity contribution in [2.75, 3.05) is 146 Å². The Labute approximate surface area is 577 Å². The molecule has 3 aliphatic heterocycles. The molecule has 41 heteroatoms. The maximum atomic E-state index is 11.8. The van der Waals surface area contributed by atoms with Crippen LogP contribution in [0.25, 0.3) is 0 Å². The summed E-state index contributed by atoms with van der Waals surface area (Å²) in [4.78, 5) is 54.0. The second-order valence-corrected chi connectivity index (χ2v) is 34.5. The molecule has 0 aromatic rings. The Morgan fingerprint density at radius 3 is 1.07 bits per heavy atom. The Hall–Kier alpha value is 0.830. The van der Waals surface area contributed by atoms with Gasteiger partial charge in [0.1, 0.15) is 48.8 Å². The zero-order valence-electron chi connectivity index (χ0n) is 54.5. The highest BCUT2D eigenvalue weighted by Crippen LogP contribution is 2.46. The summed E-state index contributed by atoms with van der Waals surface area (Å²) in [6.07, 6.45) is -7.91. The third-order valence-corrected chi connectivity index (χ3v) is 21.7. The van der Waals surface area contributed by atoms with E-state index in [2.05, 4.69) is 5.32 Å². The van der Waals surface area contributed by atoms with Gasteiger partial charge in [0.15, 0.2) is 18.9 Å². The summed E-state index contributed by atoms with van der Waals surface area (Å²) in [7, 11) is 1.28. The number of carbonyl (C=O) groups is 1. The van der Waals surface area contributed by atoms with E-state index >= 15 is 0 Å². The molecule has 0 bridgehead atoms. The van der Waals surface area contributed by atoms with E-state index in [1.807, 2.05) is 0 Å². The van der Waals surface area contributed by atoms with Crippen molar-refractivity contribution in [2.45, 2.75) is 178 Å². The van der Waals surface area contributed by atoms with Crippen molar-refractivity contribution in [3.05, 3.63) is 0 Å². The molecule has 95 heavy (non-hydrogen) atoms. The molecule has 3 heterocycles. The molecule has 3 aliphatic rings. The minimum Gasteiger partial charge on any atom is -0.394 e. The van der Waals surface area contributed by atoms with Crippen LogP contribution in [0.4, 0.5) is 0 Å². The van der Waals surface area contributed by atoms with Gasteiger partial charge in [0.2, 0.25) is 5.91 Å². The van der Waals surface area contributed by atoms with E-state index in [9.17, 15) is 70.3 Å². The number of carbonyl (C=O) groups excluding carboxylic acids is 1. The molecular formula is C54H107NO32P4S4. The second-order valence-electron chi connectivity index (χ2n) is 23.0. The Kier molecular flexibility index (Phi) is 46.2. The molecule has 0 aromatic heterocycles. The van der Waals surface area contributed by atoms with Crippen LogP contribution >= 0.6 is 26.9 Å². The minimum absolute atomic E-state index is 0.00661. The molecule has 564 valence electrons. The van der Waals surface area contributed by atoms with E-state index < -0.39 is 150 Å². The van der Waals surface area contributed by atoms with Gasteiger partial charge in [0, 0.05) is 65.5 Å². The lowest BCUT2D eigenvalue weighted by atomic mass is 9.92. The molecule has 0 aliphatic carbocycles. The van der Waals surface area contributed by atoms with Gasteiger partial charge in [-0.05, 0) is 111 Å². The molecule has 0 aromatic carbocycles. The molecule has 33 nitrogen and oxygen atoms in total. The van der Waals surface area contributed by atoms with Crippen LogP contribution in [0, 0.1) is 17.3 Å². The Morgan fingerprint density at radius 2 is 0.695 bits per heavy atom. The first-order valence-electron chi connectivity index (χ1n) is 31.8. The van der Waals surface area contributed by atoms with Crippen molar-refractivity contribution >= 4 is 80.0 Å². The van der Waals surface area contributed by atoms with E-state index in [1.165, 1.54) is 14.0 Å². The largest absolute Gasteiger partial charge is 0.394 e. The zero-order valence-corrected chi connectivity index (χ0v) is 61.3. The topological polar surface area (TPSA) is 458 Å². The highest BCUT2D eigenvalue weighted by molar-refractivity contribution is 8.08. The van der Waals surface area contributed by atoms with Gasteiger partial charge in [-0.25, -0.2) is 0 Å². The summed E-state index contributed by atoms with van der Waals surface area (Å²) < 4.78 is 102. The van der Waals surface area contributed by atoms with Gasteiger partial charge in [-0.2, -0.15) is 0 Å². The van der Waals surface area contributed by atoms with Crippen LogP contribution < -0.4 is 5.32 Å². The number of amides is 1. The first-order chi connectivity index (χ1) is 45.1. The summed E-state index contributed by atoms with van der Waals surface area (Å²) in [5.74, 6) is -1.60. The summed E-state index contributed by atoms with van der Waals surface area (Å²) in [5.41, 5.74) is -0.988. The molecule has 0 saturated carbocycles. The number of aliphatic hydroxyl groups is 9. The molecule has 3 saturated heterocycles. The first-order valence-corrected chi connectivity index (χ1v) is 42.1. The summed E-state index contributed by atoms with van der Waals surface area (Å²) in [6.45, 7) is -10.3. The standard InChI is InChI=1S/C54H107NO32P4S4/c1-38-45(60)47(62)41(31-56)85-51(38)75-20-9-12-24-79-89(67,93)82-27-15-18-72-35-54(34-71-17-7-5-6-8-23-78-88(66,92)70-4,37-74-29-30-84-91(69,95)81-26-13-10-21-76-52-39(2)46(61)48(63)42(32-57)86-52)36-73-19-16-28-83-90(68,94)80-25-14-11-22-77-53-44(55-40(3)59)50(65)49(64)43(33-58)87-53/h38-39,41-53,56-58,60-65H,5-37H2,1-4H3,(H,55,59)(H,66,92)(H,67,93)(H,68,94)(H,69,95)/t38?,39?,41?,42?,43?,44?,45-,46-,47+,48+,49+,50-,51-,52-,53-,54?,88?,89?,90?,91?/m1/s1. The normalized spacial score (nSPS) is 29.8. The van der Waals surface area contributed by atoms with Crippen LogP contribution in [-0.2, 0) is 136 Å².